The van der Waals surface area contributed by atoms with Crippen molar-refractivity contribution in [1.82, 2.24) is 4.72 Å². The Kier molecular flexibility index (Phi) is 3.64. The summed E-state index contributed by atoms with van der Waals surface area (Å²) in [5, 5.41) is 11.1. The molecular weight excluding hydrogens is 288 g/mol. The van der Waals surface area contributed by atoms with Gasteiger partial charge in [0, 0.05) is 6.07 Å². The summed E-state index contributed by atoms with van der Waals surface area (Å²) in [6.07, 6.45) is 0. The van der Waals surface area contributed by atoms with E-state index >= 15 is 0 Å². The van der Waals surface area contributed by atoms with Crippen molar-refractivity contribution in [1.29, 1.82) is 0 Å². The third-order valence-electron chi connectivity index (χ3n) is 2.61. The van der Waals surface area contributed by atoms with Gasteiger partial charge in [0.05, 0.1) is 10.6 Å². The van der Waals surface area contributed by atoms with Crippen LogP contribution in [0.15, 0.2) is 17.0 Å². The molecule has 1 aromatic carbocycles. The smallest absolute Gasteiger partial charge is 0.318 e. The van der Waals surface area contributed by atoms with Gasteiger partial charge in [-0.25, -0.2) is 8.42 Å². The van der Waals surface area contributed by atoms with E-state index in [2.05, 4.69) is 5.32 Å². The molecule has 0 bridgehead atoms. The lowest BCUT2D eigenvalue weighted by Gasteiger charge is -2.20. The Morgan fingerprint density at radius 3 is 2.85 bits per heavy atom. The minimum absolute atomic E-state index is 0.0892. The fourth-order valence-electron chi connectivity index (χ4n) is 1.74. The monoisotopic (exact) mass is 300 g/mol. The van der Waals surface area contributed by atoms with E-state index in [9.17, 15) is 18.0 Å². The molecule has 0 radical (unpaired) electrons. The Labute approximate surface area is 114 Å². The quantitative estimate of drug-likeness (QED) is 0.701. The van der Waals surface area contributed by atoms with E-state index in [1.54, 1.807) is 0 Å². The highest BCUT2D eigenvalue weighted by atomic mass is 32.2. The lowest BCUT2D eigenvalue weighted by Crippen LogP contribution is -2.30. The Morgan fingerprint density at radius 2 is 2.20 bits per heavy atom. The lowest BCUT2D eigenvalue weighted by atomic mass is 10.2. The third kappa shape index (κ3) is 2.89. The van der Waals surface area contributed by atoms with Crippen molar-refractivity contribution in [2.75, 3.05) is 18.5 Å². The molecule has 0 aromatic heterocycles. The first kappa shape index (κ1) is 14.3. The van der Waals surface area contributed by atoms with Crippen LogP contribution in [0, 0.1) is 6.92 Å². The Balaban J connectivity index is 2.38. The van der Waals surface area contributed by atoms with E-state index in [1.165, 1.54) is 19.1 Å². The van der Waals surface area contributed by atoms with Gasteiger partial charge in [-0.15, -0.1) is 0 Å². The van der Waals surface area contributed by atoms with Crippen LogP contribution >= 0.6 is 0 Å². The highest BCUT2D eigenvalue weighted by Crippen LogP contribution is 2.32. The number of benzene rings is 1. The van der Waals surface area contributed by atoms with Gasteiger partial charge in [-0.05, 0) is 18.6 Å². The van der Waals surface area contributed by atoms with E-state index < -0.39 is 22.5 Å². The van der Waals surface area contributed by atoms with Crippen molar-refractivity contribution >= 4 is 27.6 Å². The largest absolute Gasteiger partial charge is 0.482 e. The number of amides is 1. The average Bonchev–Trinajstić information content (AvgIpc) is 2.35. The van der Waals surface area contributed by atoms with E-state index in [4.69, 9.17) is 9.84 Å². The lowest BCUT2D eigenvalue weighted by molar-refractivity contribution is -0.135. The van der Waals surface area contributed by atoms with Gasteiger partial charge in [-0.1, -0.05) is 0 Å². The summed E-state index contributed by atoms with van der Waals surface area (Å²) in [5.74, 6) is -1.38. The molecule has 1 aliphatic heterocycles. The van der Waals surface area contributed by atoms with Crippen LogP contribution in [0.5, 0.6) is 5.75 Å². The van der Waals surface area contributed by atoms with E-state index in [-0.39, 0.29) is 23.2 Å². The molecule has 0 aliphatic carbocycles. The molecule has 0 saturated carbocycles. The first-order chi connectivity index (χ1) is 9.29. The predicted molar refractivity (Wildman–Crippen MR) is 68.1 cm³/mol. The molecule has 0 fully saturated rings. The van der Waals surface area contributed by atoms with Gasteiger partial charge in [0.1, 0.15) is 12.3 Å². The SMILES string of the molecule is Cc1cc2c(cc1S(=O)(=O)NCC(=O)O)OCC(=O)N2. The van der Waals surface area contributed by atoms with Crippen LogP contribution in [-0.4, -0.2) is 38.6 Å². The number of carboxylic acids is 1. The molecule has 0 saturated heterocycles. The van der Waals surface area contributed by atoms with Crippen LogP contribution in [0.25, 0.3) is 0 Å². The molecule has 1 aromatic rings. The molecule has 0 atom stereocenters. The summed E-state index contributed by atoms with van der Waals surface area (Å²) in [6.45, 7) is 0.630. The number of hydrogen-bond acceptors (Lipinski definition) is 5. The molecule has 20 heavy (non-hydrogen) atoms. The molecule has 108 valence electrons. The van der Waals surface area contributed by atoms with Gasteiger partial charge in [0.2, 0.25) is 10.0 Å². The second-order valence-corrected chi connectivity index (χ2v) is 5.90. The zero-order chi connectivity index (χ0) is 14.9. The maximum atomic E-state index is 12.0. The van der Waals surface area contributed by atoms with Crippen LogP contribution in [0.4, 0.5) is 5.69 Å². The number of anilines is 1. The Bertz CT molecular complexity index is 682. The zero-order valence-electron chi connectivity index (χ0n) is 10.5. The van der Waals surface area contributed by atoms with Crippen LogP contribution in [0.3, 0.4) is 0 Å². The van der Waals surface area contributed by atoms with Gasteiger partial charge in [0.15, 0.2) is 6.61 Å². The molecule has 1 amide bonds. The van der Waals surface area contributed by atoms with Crippen molar-refractivity contribution < 1.29 is 27.9 Å². The minimum Gasteiger partial charge on any atom is -0.482 e. The minimum atomic E-state index is -3.96. The summed E-state index contributed by atoms with van der Waals surface area (Å²) in [5.41, 5.74) is 0.753. The molecule has 8 nitrogen and oxygen atoms in total. The first-order valence-electron chi connectivity index (χ1n) is 5.58. The summed E-state index contributed by atoms with van der Waals surface area (Å²) in [6, 6.07) is 2.72. The highest BCUT2D eigenvalue weighted by molar-refractivity contribution is 7.89. The molecule has 0 spiro atoms. The first-order valence-corrected chi connectivity index (χ1v) is 7.06. The number of sulfonamides is 1. The van der Waals surface area contributed by atoms with Gasteiger partial charge in [0.25, 0.3) is 5.91 Å². The number of carboxylic acid groups (broad SMARTS) is 1. The molecule has 9 heteroatoms. The zero-order valence-corrected chi connectivity index (χ0v) is 11.3. The number of hydrogen-bond donors (Lipinski definition) is 3. The van der Waals surface area contributed by atoms with E-state index in [0.717, 1.165) is 0 Å². The number of rotatable bonds is 4. The van der Waals surface area contributed by atoms with Gasteiger partial charge in [-0.2, -0.15) is 4.72 Å². The highest BCUT2D eigenvalue weighted by Gasteiger charge is 2.23. The number of carbonyl (C=O) groups is 2. The van der Waals surface area contributed by atoms with Crippen LogP contribution in [-0.2, 0) is 19.6 Å². The maximum absolute atomic E-state index is 12.0. The van der Waals surface area contributed by atoms with Crippen molar-refractivity contribution in [3.8, 4) is 5.75 Å². The third-order valence-corrected chi connectivity index (χ3v) is 4.16. The van der Waals surface area contributed by atoms with Crippen LogP contribution in [0.2, 0.25) is 0 Å². The Hall–Kier alpha value is -2.13. The van der Waals surface area contributed by atoms with Crippen LogP contribution < -0.4 is 14.8 Å². The van der Waals surface area contributed by atoms with Crippen molar-refractivity contribution in [3.63, 3.8) is 0 Å². The van der Waals surface area contributed by atoms with Crippen LogP contribution in [0.1, 0.15) is 5.56 Å². The molecular formula is C11H12N2O6S. The Morgan fingerprint density at radius 1 is 1.50 bits per heavy atom. The number of ether oxygens (including phenoxy) is 1. The summed E-state index contributed by atoms with van der Waals surface area (Å²) in [4.78, 5) is 21.5. The molecule has 2 rings (SSSR count). The summed E-state index contributed by atoms with van der Waals surface area (Å²) >= 11 is 0. The fraction of sp³-hybridized carbons (Fsp3) is 0.273. The molecule has 3 N–H and O–H groups in total. The normalized spacial score (nSPS) is 14.2. The number of carbonyl (C=O) groups excluding carboxylic acids is 1. The number of aliphatic carboxylic acids is 1. The van der Waals surface area contributed by atoms with Gasteiger partial charge in [-0.3, -0.25) is 9.59 Å². The van der Waals surface area contributed by atoms with Crippen molar-refractivity contribution in [2.45, 2.75) is 11.8 Å². The maximum Gasteiger partial charge on any atom is 0.318 e. The molecule has 1 aliphatic rings. The second-order valence-electron chi connectivity index (χ2n) is 4.17. The van der Waals surface area contributed by atoms with Crippen molar-refractivity contribution in [3.05, 3.63) is 17.7 Å². The summed E-state index contributed by atoms with van der Waals surface area (Å²) < 4.78 is 31.1. The number of fused-ring (bicyclic) bond motifs is 1. The number of aryl methyl sites for hydroxylation is 1. The second kappa shape index (κ2) is 5.10. The van der Waals surface area contributed by atoms with Crippen molar-refractivity contribution in [2.24, 2.45) is 0 Å². The fourth-order valence-corrected chi connectivity index (χ4v) is 2.95. The van der Waals surface area contributed by atoms with Gasteiger partial charge >= 0.3 is 5.97 Å². The predicted octanol–water partition coefficient (Wildman–Crippen LogP) is -0.311. The standard InChI is InChI=1S/C11H12N2O6S/c1-6-2-7-8(19-5-10(14)13-7)3-9(6)20(17,18)12-4-11(15)16/h2-3,12H,4-5H2,1H3,(H,13,14)(H,15,16). The van der Waals surface area contributed by atoms with Gasteiger partial charge < -0.3 is 15.2 Å². The summed E-state index contributed by atoms with van der Waals surface area (Å²) in [7, 11) is -3.96. The topological polar surface area (TPSA) is 122 Å². The van der Waals surface area contributed by atoms with E-state index in [0.29, 0.717) is 11.3 Å². The van der Waals surface area contributed by atoms with E-state index in [1.807, 2.05) is 4.72 Å². The molecule has 1 heterocycles. The average molecular weight is 300 g/mol. The number of nitrogens with one attached hydrogen (secondary N) is 2. The molecule has 0 unspecified atom stereocenters.